The average molecular weight is 297 g/mol. The van der Waals surface area contributed by atoms with Gasteiger partial charge in [0, 0.05) is 5.56 Å². The molecule has 0 aromatic heterocycles. The van der Waals surface area contributed by atoms with Gasteiger partial charge in [-0.2, -0.15) is 0 Å². The third-order valence-corrected chi connectivity index (χ3v) is 3.63. The summed E-state index contributed by atoms with van der Waals surface area (Å²) in [5, 5.41) is 18.5. The highest BCUT2D eigenvalue weighted by Crippen LogP contribution is 2.29. The van der Waals surface area contributed by atoms with Crippen LogP contribution in [0.5, 0.6) is 17.2 Å². The number of hydrogen-bond acceptors (Lipinski definition) is 4. The average Bonchev–Trinajstić information content (AvgIpc) is 2.50. The van der Waals surface area contributed by atoms with Gasteiger partial charge in [-0.15, -0.1) is 5.26 Å². The molecule has 4 heteroatoms. The van der Waals surface area contributed by atoms with Gasteiger partial charge in [-0.05, 0) is 55.2 Å². The van der Waals surface area contributed by atoms with E-state index in [0.29, 0.717) is 18.1 Å². The second kappa shape index (κ2) is 6.86. The smallest absolute Gasteiger partial charge is 0.292 e. The lowest BCUT2D eigenvalue weighted by molar-refractivity contribution is 0.297. The highest BCUT2D eigenvalue weighted by Gasteiger charge is 2.11. The number of nitriles is 1. The van der Waals surface area contributed by atoms with Gasteiger partial charge < -0.3 is 14.6 Å². The maximum absolute atomic E-state index is 9.69. The minimum atomic E-state index is 0.257. The lowest BCUT2D eigenvalue weighted by atomic mass is 10.0. The van der Waals surface area contributed by atoms with Gasteiger partial charge in [0.05, 0.1) is 0 Å². The molecule has 0 unspecified atom stereocenters. The van der Waals surface area contributed by atoms with Crippen LogP contribution in [0.1, 0.15) is 29.2 Å². The van der Waals surface area contributed by atoms with Crippen LogP contribution in [0.25, 0.3) is 0 Å². The molecule has 2 aromatic rings. The highest BCUT2D eigenvalue weighted by atomic mass is 16.5. The summed E-state index contributed by atoms with van der Waals surface area (Å²) >= 11 is 0. The number of rotatable bonds is 5. The molecule has 0 saturated carbocycles. The summed E-state index contributed by atoms with van der Waals surface area (Å²) in [5.41, 5.74) is 3.58. The molecule has 0 saturated heterocycles. The van der Waals surface area contributed by atoms with E-state index in [1.165, 1.54) is 0 Å². The Morgan fingerprint density at radius 2 is 1.91 bits per heavy atom. The summed E-state index contributed by atoms with van der Waals surface area (Å²) < 4.78 is 10.9. The number of aryl methyl sites for hydroxylation is 3. The number of phenols is 1. The Bertz CT molecular complexity index is 717. The maximum atomic E-state index is 9.69. The van der Waals surface area contributed by atoms with E-state index in [-0.39, 0.29) is 5.75 Å². The first-order chi connectivity index (χ1) is 10.6. The van der Waals surface area contributed by atoms with E-state index in [4.69, 9.17) is 14.7 Å². The van der Waals surface area contributed by atoms with Crippen molar-refractivity contribution in [1.82, 2.24) is 0 Å². The second-order valence-electron chi connectivity index (χ2n) is 5.13. The van der Waals surface area contributed by atoms with E-state index < -0.39 is 0 Å². The third kappa shape index (κ3) is 3.32. The fraction of sp³-hybridized carbons (Fsp3) is 0.278. The molecule has 0 atom stereocenters. The zero-order valence-corrected chi connectivity index (χ0v) is 13.0. The zero-order valence-electron chi connectivity index (χ0n) is 13.0. The van der Waals surface area contributed by atoms with Crippen molar-refractivity contribution in [2.45, 2.75) is 33.8 Å². The fourth-order valence-corrected chi connectivity index (χ4v) is 2.33. The molecule has 0 amide bonds. The van der Waals surface area contributed by atoms with Crippen LogP contribution in [-0.4, -0.2) is 5.11 Å². The quantitative estimate of drug-likeness (QED) is 0.847. The molecule has 0 aliphatic carbocycles. The molecule has 0 aliphatic heterocycles. The van der Waals surface area contributed by atoms with Crippen LogP contribution in [0.3, 0.4) is 0 Å². The van der Waals surface area contributed by atoms with Gasteiger partial charge in [0.1, 0.15) is 23.9 Å². The molecule has 0 fully saturated rings. The zero-order chi connectivity index (χ0) is 16.1. The van der Waals surface area contributed by atoms with E-state index in [0.717, 1.165) is 28.7 Å². The molecule has 22 heavy (non-hydrogen) atoms. The van der Waals surface area contributed by atoms with Gasteiger partial charge in [0.15, 0.2) is 0 Å². The Kier molecular flexibility index (Phi) is 4.90. The Hall–Kier alpha value is -2.67. The standard InChI is InChI=1S/C18H19NO3/c1-4-14-6-5-7-17(22-11-19)15(14)10-21-18-9-12(2)16(20)8-13(18)3/h5-9,20H,4,10H2,1-3H3. The van der Waals surface area contributed by atoms with Crippen molar-refractivity contribution in [3.8, 4) is 23.5 Å². The summed E-state index contributed by atoms with van der Waals surface area (Å²) in [5.74, 6) is 1.49. The number of nitrogens with zero attached hydrogens (tertiary/aromatic N) is 1. The summed E-state index contributed by atoms with van der Waals surface area (Å²) in [7, 11) is 0. The summed E-state index contributed by atoms with van der Waals surface area (Å²) in [6.45, 7) is 6.07. The summed E-state index contributed by atoms with van der Waals surface area (Å²) in [4.78, 5) is 0. The normalized spacial score (nSPS) is 10.1. The van der Waals surface area contributed by atoms with Crippen molar-refractivity contribution in [2.24, 2.45) is 0 Å². The predicted octanol–water partition coefficient (Wildman–Crippen LogP) is 4.01. The summed E-state index contributed by atoms with van der Waals surface area (Å²) in [6, 6.07) is 9.12. The number of phenolic OH excluding ortho intramolecular Hbond substituents is 1. The van der Waals surface area contributed by atoms with Crippen LogP contribution in [0, 0.1) is 25.4 Å². The molecular formula is C18H19NO3. The van der Waals surface area contributed by atoms with E-state index in [2.05, 4.69) is 0 Å². The minimum Gasteiger partial charge on any atom is -0.508 e. The topological polar surface area (TPSA) is 62.5 Å². The van der Waals surface area contributed by atoms with Crippen LogP contribution < -0.4 is 9.47 Å². The fourth-order valence-electron chi connectivity index (χ4n) is 2.33. The first-order valence-electron chi connectivity index (χ1n) is 7.16. The van der Waals surface area contributed by atoms with Crippen molar-refractivity contribution >= 4 is 0 Å². The Morgan fingerprint density at radius 3 is 2.59 bits per heavy atom. The molecule has 114 valence electrons. The molecule has 0 radical (unpaired) electrons. The Labute approximate surface area is 130 Å². The summed E-state index contributed by atoms with van der Waals surface area (Å²) in [6.07, 6.45) is 2.54. The van der Waals surface area contributed by atoms with Gasteiger partial charge in [-0.3, -0.25) is 0 Å². The van der Waals surface area contributed by atoms with Crippen molar-refractivity contribution in [1.29, 1.82) is 5.26 Å². The van der Waals surface area contributed by atoms with Crippen molar-refractivity contribution in [2.75, 3.05) is 0 Å². The van der Waals surface area contributed by atoms with E-state index in [9.17, 15) is 5.11 Å². The van der Waals surface area contributed by atoms with Crippen LogP contribution >= 0.6 is 0 Å². The van der Waals surface area contributed by atoms with Crippen molar-refractivity contribution in [3.63, 3.8) is 0 Å². The molecule has 0 spiro atoms. The van der Waals surface area contributed by atoms with Gasteiger partial charge in [-0.1, -0.05) is 19.1 Å². The molecule has 4 nitrogen and oxygen atoms in total. The van der Waals surface area contributed by atoms with Crippen molar-refractivity contribution < 1.29 is 14.6 Å². The molecule has 2 rings (SSSR count). The monoisotopic (exact) mass is 297 g/mol. The number of ether oxygens (including phenoxy) is 2. The minimum absolute atomic E-state index is 0.257. The van der Waals surface area contributed by atoms with Crippen molar-refractivity contribution in [3.05, 3.63) is 52.6 Å². The maximum Gasteiger partial charge on any atom is 0.292 e. The number of benzene rings is 2. The lowest BCUT2D eigenvalue weighted by Gasteiger charge is -2.15. The van der Waals surface area contributed by atoms with Crippen LogP contribution in [-0.2, 0) is 13.0 Å². The first-order valence-corrected chi connectivity index (χ1v) is 7.16. The lowest BCUT2D eigenvalue weighted by Crippen LogP contribution is -2.03. The molecule has 0 bridgehead atoms. The molecule has 2 aromatic carbocycles. The largest absolute Gasteiger partial charge is 0.508 e. The van der Waals surface area contributed by atoms with Crippen LogP contribution in [0.15, 0.2) is 30.3 Å². The van der Waals surface area contributed by atoms with E-state index in [1.54, 1.807) is 18.4 Å². The van der Waals surface area contributed by atoms with Crippen LogP contribution in [0.2, 0.25) is 0 Å². The molecule has 0 aliphatic rings. The Balaban J connectivity index is 2.28. The van der Waals surface area contributed by atoms with Gasteiger partial charge in [0.25, 0.3) is 6.26 Å². The molecular weight excluding hydrogens is 278 g/mol. The SMILES string of the molecule is CCc1cccc(OC#N)c1COc1cc(C)c(O)cc1C. The highest BCUT2D eigenvalue weighted by molar-refractivity contribution is 5.45. The Morgan fingerprint density at radius 1 is 1.14 bits per heavy atom. The number of aromatic hydroxyl groups is 1. The molecule has 0 heterocycles. The van der Waals surface area contributed by atoms with Crippen LogP contribution in [0.4, 0.5) is 0 Å². The van der Waals surface area contributed by atoms with E-state index in [1.807, 2.05) is 39.0 Å². The number of hydrogen-bond donors (Lipinski definition) is 1. The predicted molar refractivity (Wildman–Crippen MR) is 84.0 cm³/mol. The van der Waals surface area contributed by atoms with E-state index >= 15 is 0 Å². The van der Waals surface area contributed by atoms with Gasteiger partial charge in [-0.25, -0.2) is 0 Å². The second-order valence-corrected chi connectivity index (χ2v) is 5.13. The van der Waals surface area contributed by atoms with Gasteiger partial charge >= 0.3 is 0 Å². The molecule has 1 N–H and O–H groups in total. The first kappa shape index (κ1) is 15.7. The van der Waals surface area contributed by atoms with Gasteiger partial charge in [0.2, 0.25) is 0 Å². The third-order valence-electron chi connectivity index (χ3n) is 3.63.